The van der Waals surface area contributed by atoms with Gasteiger partial charge in [0.25, 0.3) is 0 Å². The van der Waals surface area contributed by atoms with Crippen molar-refractivity contribution in [3.05, 3.63) is 23.3 Å². The Morgan fingerprint density at radius 2 is 1.62 bits per heavy atom. The number of hydrogen-bond donors (Lipinski definition) is 2. The van der Waals surface area contributed by atoms with Crippen molar-refractivity contribution in [3.63, 3.8) is 0 Å². The Labute approximate surface area is 147 Å². The topological polar surface area (TPSA) is 73.6 Å². The molecule has 0 aliphatic heterocycles. The molecule has 0 radical (unpaired) electrons. The number of ether oxygens (including phenoxy) is 2. The normalized spacial score (nSPS) is 11.4. The van der Waals surface area contributed by atoms with E-state index in [1.807, 2.05) is 6.92 Å². The maximum Gasteiger partial charge on any atom is 0.243 e. The van der Waals surface area contributed by atoms with Crippen LogP contribution in [0.1, 0.15) is 52.9 Å². The molecule has 0 heterocycles. The van der Waals surface area contributed by atoms with Crippen LogP contribution < -0.4 is 11.1 Å². The lowest BCUT2D eigenvalue weighted by Gasteiger charge is -2.06. The molecule has 0 fully saturated rings. The molecule has 140 valence electrons. The first kappa shape index (κ1) is 22.8. The van der Waals surface area contributed by atoms with Crippen LogP contribution >= 0.6 is 0 Å². The minimum atomic E-state index is -0.0157. The molecule has 0 saturated heterocycles. The summed E-state index contributed by atoms with van der Waals surface area (Å²) in [4.78, 5) is 11.7. The molecule has 3 N–H and O–H groups in total. The predicted octanol–water partition coefficient (Wildman–Crippen LogP) is 2.96. The molecule has 0 aromatic heterocycles. The third-order valence-corrected chi connectivity index (χ3v) is 3.30. The molecule has 24 heavy (non-hydrogen) atoms. The second kappa shape index (κ2) is 16.7. The SMILES string of the molecule is CC(C)=CCC/C(C)=C/C(=O)NCCCOCCCOCCCN. The molecule has 0 aliphatic carbocycles. The number of carbonyl (C=O) groups excluding carboxylic acids is 1. The number of nitrogens with one attached hydrogen (secondary N) is 1. The number of hydrogen-bond acceptors (Lipinski definition) is 4. The number of amides is 1. The molecule has 0 spiro atoms. The van der Waals surface area contributed by atoms with E-state index in [1.54, 1.807) is 6.08 Å². The van der Waals surface area contributed by atoms with E-state index >= 15 is 0 Å². The highest BCUT2D eigenvalue weighted by molar-refractivity contribution is 5.88. The average molecular weight is 341 g/mol. The summed E-state index contributed by atoms with van der Waals surface area (Å²) < 4.78 is 10.9. The van der Waals surface area contributed by atoms with E-state index in [9.17, 15) is 4.79 Å². The van der Waals surface area contributed by atoms with Crippen LogP contribution in [-0.4, -0.2) is 45.4 Å². The van der Waals surface area contributed by atoms with Gasteiger partial charge in [0.1, 0.15) is 0 Å². The molecule has 0 aromatic carbocycles. The van der Waals surface area contributed by atoms with Crippen LogP contribution in [0.4, 0.5) is 0 Å². The van der Waals surface area contributed by atoms with Crippen molar-refractivity contribution in [2.24, 2.45) is 5.73 Å². The quantitative estimate of drug-likeness (QED) is 0.273. The molecule has 5 heteroatoms. The summed E-state index contributed by atoms with van der Waals surface area (Å²) in [5.41, 5.74) is 7.80. The van der Waals surface area contributed by atoms with Gasteiger partial charge in [-0.1, -0.05) is 17.2 Å². The number of rotatable bonds is 15. The molecule has 1 amide bonds. The standard InChI is InChI=1S/C19H36N2O3/c1-17(2)8-4-9-18(3)16-19(22)21-11-6-13-24-15-7-14-23-12-5-10-20/h8,16H,4-7,9-15,20H2,1-3H3,(H,21,22)/b18-16+. The average Bonchev–Trinajstić information content (AvgIpc) is 2.52. The van der Waals surface area contributed by atoms with Gasteiger partial charge in [0, 0.05) is 39.0 Å². The largest absolute Gasteiger partial charge is 0.381 e. The van der Waals surface area contributed by atoms with Crippen molar-refractivity contribution in [3.8, 4) is 0 Å². The van der Waals surface area contributed by atoms with Crippen LogP contribution in [0.15, 0.2) is 23.3 Å². The van der Waals surface area contributed by atoms with E-state index in [0.29, 0.717) is 32.9 Å². The van der Waals surface area contributed by atoms with Gasteiger partial charge in [-0.3, -0.25) is 4.79 Å². The van der Waals surface area contributed by atoms with Crippen molar-refractivity contribution in [1.29, 1.82) is 0 Å². The van der Waals surface area contributed by atoms with Gasteiger partial charge in [-0.25, -0.2) is 0 Å². The van der Waals surface area contributed by atoms with Gasteiger partial charge < -0.3 is 20.5 Å². The van der Waals surface area contributed by atoms with E-state index in [4.69, 9.17) is 15.2 Å². The molecular weight excluding hydrogens is 304 g/mol. The van der Waals surface area contributed by atoms with Gasteiger partial charge in [-0.2, -0.15) is 0 Å². The fourth-order valence-electron chi connectivity index (χ4n) is 1.97. The lowest BCUT2D eigenvalue weighted by Crippen LogP contribution is -2.23. The summed E-state index contributed by atoms with van der Waals surface area (Å²) in [6.45, 7) is 10.3. The van der Waals surface area contributed by atoms with Gasteiger partial charge in [0.05, 0.1) is 0 Å². The Morgan fingerprint density at radius 3 is 2.25 bits per heavy atom. The van der Waals surface area contributed by atoms with Crippen molar-refractivity contribution in [1.82, 2.24) is 5.32 Å². The first-order chi connectivity index (χ1) is 11.6. The summed E-state index contributed by atoms with van der Waals surface area (Å²) in [6, 6.07) is 0. The molecule has 0 rings (SSSR count). The molecule has 0 atom stereocenters. The van der Waals surface area contributed by atoms with Gasteiger partial charge in [-0.15, -0.1) is 0 Å². The summed E-state index contributed by atoms with van der Waals surface area (Å²) in [7, 11) is 0. The van der Waals surface area contributed by atoms with Crippen LogP contribution in [0.25, 0.3) is 0 Å². The zero-order chi connectivity index (χ0) is 18.0. The highest BCUT2D eigenvalue weighted by Crippen LogP contribution is 2.06. The lowest BCUT2D eigenvalue weighted by atomic mass is 10.1. The third-order valence-electron chi connectivity index (χ3n) is 3.30. The third kappa shape index (κ3) is 17.2. The number of nitrogens with two attached hydrogens (primary N) is 1. The van der Waals surface area contributed by atoms with E-state index in [-0.39, 0.29) is 5.91 Å². The molecule has 0 aromatic rings. The molecule has 0 unspecified atom stereocenters. The smallest absolute Gasteiger partial charge is 0.243 e. The van der Waals surface area contributed by atoms with Crippen molar-refractivity contribution >= 4 is 5.91 Å². The predicted molar refractivity (Wildman–Crippen MR) is 100.0 cm³/mol. The maximum atomic E-state index is 11.7. The Morgan fingerprint density at radius 1 is 1.00 bits per heavy atom. The summed E-state index contributed by atoms with van der Waals surface area (Å²) in [6.07, 6.45) is 8.42. The van der Waals surface area contributed by atoms with E-state index < -0.39 is 0 Å². The summed E-state index contributed by atoms with van der Waals surface area (Å²) >= 11 is 0. The van der Waals surface area contributed by atoms with Crippen LogP contribution in [0.3, 0.4) is 0 Å². The first-order valence-corrected chi connectivity index (χ1v) is 9.00. The summed E-state index contributed by atoms with van der Waals surface area (Å²) in [5.74, 6) is -0.0157. The molecule has 0 aliphatic rings. The zero-order valence-corrected chi connectivity index (χ0v) is 15.7. The van der Waals surface area contributed by atoms with Gasteiger partial charge in [-0.05, 0) is 59.4 Å². The molecule has 5 nitrogen and oxygen atoms in total. The van der Waals surface area contributed by atoms with Gasteiger partial charge in [0.2, 0.25) is 5.91 Å². The van der Waals surface area contributed by atoms with Crippen LogP contribution in [0, 0.1) is 0 Å². The van der Waals surface area contributed by atoms with Crippen molar-refractivity contribution in [2.75, 3.05) is 39.5 Å². The lowest BCUT2D eigenvalue weighted by molar-refractivity contribution is -0.116. The second-order valence-electron chi connectivity index (χ2n) is 6.18. The van der Waals surface area contributed by atoms with E-state index in [2.05, 4.69) is 25.2 Å². The summed E-state index contributed by atoms with van der Waals surface area (Å²) in [5, 5.41) is 2.89. The number of carbonyl (C=O) groups is 1. The minimum absolute atomic E-state index is 0.0157. The first-order valence-electron chi connectivity index (χ1n) is 9.00. The Hall–Kier alpha value is -1.17. The molecule has 0 saturated carbocycles. The highest BCUT2D eigenvalue weighted by Gasteiger charge is 1.98. The van der Waals surface area contributed by atoms with Crippen LogP contribution in [0.5, 0.6) is 0 Å². The minimum Gasteiger partial charge on any atom is -0.381 e. The van der Waals surface area contributed by atoms with Crippen LogP contribution in [0.2, 0.25) is 0 Å². The Bertz CT molecular complexity index is 375. The number of allylic oxidation sites excluding steroid dienone is 3. The van der Waals surface area contributed by atoms with Crippen LogP contribution in [-0.2, 0) is 14.3 Å². The Kier molecular flexibility index (Phi) is 15.9. The second-order valence-corrected chi connectivity index (χ2v) is 6.18. The fraction of sp³-hybridized carbons (Fsp3) is 0.737. The van der Waals surface area contributed by atoms with E-state index in [1.165, 1.54) is 5.57 Å². The van der Waals surface area contributed by atoms with Gasteiger partial charge >= 0.3 is 0 Å². The highest BCUT2D eigenvalue weighted by atomic mass is 16.5. The monoisotopic (exact) mass is 340 g/mol. The van der Waals surface area contributed by atoms with Crippen molar-refractivity contribution in [2.45, 2.75) is 52.9 Å². The van der Waals surface area contributed by atoms with Gasteiger partial charge in [0.15, 0.2) is 0 Å². The maximum absolute atomic E-state index is 11.7. The van der Waals surface area contributed by atoms with E-state index in [0.717, 1.165) is 44.3 Å². The fourth-order valence-corrected chi connectivity index (χ4v) is 1.97. The molecular formula is C19H36N2O3. The Balaban J connectivity index is 3.47. The molecule has 0 bridgehead atoms. The van der Waals surface area contributed by atoms with Crippen molar-refractivity contribution < 1.29 is 14.3 Å². The zero-order valence-electron chi connectivity index (χ0n) is 15.7.